The highest BCUT2D eigenvalue weighted by atomic mass is 16.5. The highest BCUT2D eigenvalue weighted by Gasteiger charge is 2.35. The number of hydrogen-bond acceptors (Lipinski definition) is 8. The number of rotatable bonds is 11. The van der Waals surface area contributed by atoms with Crippen molar-refractivity contribution in [2.75, 3.05) is 41.5 Å². The molecule has 0 saturated heterocycles. The maximum absolute atomic E-state index is 13.9. The van der Waals surface area contributed by atoms with Crippen LogP contribution in [-0.4, -0.2) is 74.8 Å². The molecule has 4 aromatic rings. The van der Waals surface area contributed by atoms with Gasteiger partial charge >= 0.3 is 0 Å². The van der Waals surface area contributed by atoms with Crippen molar-refractivity contribution < 1.29 is 28.5 Å². The molecule has 0 fully saturated rings. The molecule has 6 rings (SSSR count). The van der Waals surface area contributed by atoms with E-state index in [2.05, 4.69) is 0 Å². The first-order valence-corrected chi connectivity index (χ1v) is 15.2. The molecule has 0 radical (unpaired) electrons. The van der Waals surface area contributed by atoms with E-state index in [4.69, 9.17) is 28.9 Å². The van der Waals surface area contributed by atoms with E-state index in [1.54, 1.807) is 74.7 Å². The molecule has 0 N–H and O–H groups in total. The minimum Gasteiger partial charge on any atom is -0.493 e. The zero-order chi connectivity index (χ0) is 33.6. The van der Waals surface area contributed by atoms with Gasteiger partial charge in [-0.2, -0.15) is 0 Å². The summed E-state index contributed by atoms with van der Waals surface area (Å²) in [6.45, 7) is 0.355. The highest BCUT2D eigenvalue weighted by Crippen LogP contribution is 2.32. The summed E-state index contributed by atoms with van der Waals surface area (Å²) in [5.41, 5.74) is 3.54. The zero-order valence-electron chi connectivity index (χ0n) is 27.0. The third-order valence-electron chi connectivity index (χ3n) is 7.93. The van der Waals surface area contributed by atoms with Gasteiger partial charge in [-0.1, -0.05) is 72.8 Å². The molecular weight excluding hydrogens is 608 g/mol. The number of ether oxygens (including phenoxy) is 4. The smallest absolute Gasteiger partial charge is 0.278 e. The molecule has 10 nitrogen and oxygen atoms in total. The van der Waals surface area contributed by atoms with Gasteiger partial charge in [0.2, 0.25) is 0 Å². The molecule has 2 amide bonds. The second kappa shape index (κ2) is 14.1. The van der Waals surface area contributed by atoms with Crippen molar-refractivity contribution >= 4 is 35.6 Å². The first-order chi connectivity index (χ1) is 23.4. The minimum atomic E-state index is -0.283. The molecule has 2 heterocycles. The van der Waals surface area contributed by atoms with Crippen LogP contribution < -0.4 is 18.9 Å². The summed E-state index contributed by atoms with van der Waals surface area (Å²) in [5.74, 6) is 2.68. The Morgan fingerprint density at radius 2 is 0.896 bits per heavy atom. The Bertz CT molecular complexity index is 1820. The number of carbonyl (C=O) groups excluding carboxylic acids is 2. The van der Waals surface area contributed by atoms with Crippen LogP contribution >= 0.6 is 0 Å². The number of amidine groups is 2. The molecular formula is C38H34N4O6. The normalized spacial score (nSPS) is 16.0. The number of amides is 2. The lowest BCUT2D eigenvalue weighted by Gasteiger charge is -2.23. The maximum Gasteiger partial charge on any atom is 0.278 e. The molecule has 0 bridgehead atoms. The van der Waals surface area contributed by atoms with Crippen LogP contribution in [0.4, 0.5) is 0 Å². The van der Waals surface area contributed by atoms with E-state index >= 15 is 0 Å². The van der Waals surface area contributed by atoms with E-state index in [1.807, 2.05) is 72.8 Å². The second-order valence-electron chi connectivity index (χ2n) is 10.8. The molecule has 10 heteroatoms. The third kappa shape index (κ3) is 6.41. The van der Waals surface area contributed by atoms with Crippen molar-refractivity contribution in [3.8, 4) is 23.0 Å². The molecule has 242 valence electrons. The molecule has 48 heavy (non-hydrogen) atoms. The average Bonchev–Trinajstić information content (AvgIpc) is 3.61. The number of hydrogen-bond donors (Lipinski definition) is 0. The third-order valence-corrected chi connectivity index (χ3v) is 7.93. The van der Waals surface area contributed by atoms with Crippen molar-refractivity contribution in [2.45, 2.75) is 0 Å². The van der Waals surface area contributed by atoms with Crippen molar-refractivity contribution in [1.29, 1.82) is 0 Å². The Morgan fingerprint density at radius 1 is 0.521 bits per heavy atom. The summed E-state index contributed by atoms with van der Waals surface area (Å²) >= 11 is 0. The van der Waals surface area contributed by atoms with Crippen molar-refractivity contribution in [3.05, 3.63) is 131 Å². The molecule has 2 aliphatic rings. The Balaban J connectivity index is 1.32. The molecule has 4 aromatic carbocycles. The van der Waals surface area contributed by atoms with Gasteiger partial charge in [-0.15, -0.1) is 0 Å². The largest absolute Gasteiger partial charge is 0.493 e. The number of nitrogens with zero attached hydrogens (tertiary/aromatic N) is 4. The van der Waals surface area contributed by atoms with Gasteiger partial charge < -0.3 is 18.9 Å². The van der Waals surface area contributed by atoms with Crippen LogP contribution in [0.3, 0.4) is 0 Å². The van der Waals surface area contributed by atoms with Crippen LogP contribution in [0.5, 0.6) is 23.0 Å². The van der Waals surface area contributed by atoms with Crippen LogP contribution in [0.25, 0.3) is 12.2 Å². The van der Waals surface area contributed by atoms with Gasteiger partial charge in [0.25, 0.3) is 11.8 Å². The molecule has 0 unspecified atom stereocenters. The molecule has 0 aromatic heterocycles. The van der Waals surface area contributed by atoms with Gasteiger partial charge in [0.15, 0.2) is 23.0 Å². The SMILES string of the molecule is COc1ccc(C=C2N=C(c3ccccc3)N(CCN3C(=O)C(=Cc4ccc(OC)c(OC)c4)N=C3c3ccccc3)C2=O)cc1OC. The van der Waals surface area contributed by atoms with Gasteiger partial charge in [-0.3, -0.25) is 19.4 Å². The predicted octanol–water partition coefficient (Wildman–Crippen LogP) is 5.68. The fourth-order valence-corrected chi connectivity index (χ4v) is 5.53. The van der Waals surface area contributed by atoms with E-state index < -0.39 is 0 Å². The lowest BCUT2D eigenvalue weighted by molar-refractivity contribution is -0.125. The first kappa shape index (κ1) is 31.8. The van der Waals surface area contributed by atoms with E-state index in [9.17, 15) is 9.59 Å². The standard InChI is InChI=1S/C38H34N4O6/c1-45-31-17-15-25(23-33(31)47-3)21-29-37(43)41(35(39-29)27-11-7-5-8-12-27)19-20-42-36(28-13-9-6-10-14-28)40-30(38(42)44)22-26-16-18-32(46-2)34(24-26)48-4/h5-18,21-24H,19-20H2,1-4H3. The van der Waals surface area contributed by atoms with Gasteiger partial charge in [0, 0.05) is 24.2 Å². The van der Waals surface area contributed by atoms with E-state index in [1.165, 1.54) is 0 Å². The van der Waals surface area contributed by atoms with Gasteiger partial charge in [-0.05, 0) is 47.5 Å². The van der Waals surface area contributed by atoms with E-state index in [0.29, 0.717) is 34.7 Å². The van der Waals surface area contributed by atoms with Crippen LogP contribution in [0.2, 0.25) is 0 Å². The maximum atomic E-state index is 13.9. The number of carbonyl (C=O) groups is 2. The van der Waals surface area contributed by atoms with Crippen LogP contribution in [-0.2, 0) is 9.59 Å². The number of benzene rings is 4. The number of aliphatic imine (C=N–C) groups is 2. The van der Waals surface area contributed by atoms with Gasteiger partial charge in [0.05, 0.1) is 28.4 Å². The Kier molecular flexibility index (Phi) is 9.33. The molecule has 2 aliphatic heterocycles. The van der Waals surface area contributed by atoms with Crippen LogP contribution in [0.15, 0.2) is 118 Å². The molecule has 0 atom stereocenters. The Morgan fingerprint density at radius 3 is 1.25 bits per heavy atom. The summed E-state index contributed by atoms with van der Waals surface area (Å²) in [5, 5.41) is 0. The van der Waals surface area contributed by atoms with Gasteiger partial charge in [-0.25, -0.2) is 9.98 Å². The highest BCUT2D eigenvalue weighted by molar-refractivity contribution is 6.21. The lowest BCUT2D eigenvalue weighted by Crippen LogP contribution is -2.42. The van der Waals surface area contributed by atoms with E-state index in [-0.39, 0.29) is 36.3 Å². The minimum absolute atomic E-state index is 0.178. The Labute approximate surface area is 278 Å². The predicted molar refractivity (Wildman–Crippen MR) is 184 cm³/mol. The first-order valence-electron chi connectivity index (χ1n) is 15.2. The average molecular weight is 643 g/mol. The fourth-order valence-electron chi connectivity index (χ4n) is 5.53. The summed E-state index contributed by atoms with van der Waals surface area (Å²) in [7, 11) is 6.26. The van der Waals surface area contributed by atoms with Gasteiger partial charge in [0.1, 0.15) is 23.1 Å². The topological polar surface area (TPSA) is 102 Å². The van der Waals surface area contributed by atoms with Crippen LogP contribution in [0, 0.1) is 0 Å². The zero-order valence-corrected chi connectivity index (χ0v) is 27.0. The van der Waals surface area contributed by atoms with Crippen molar-refractivity contribution in [3.63, 3.8) is 0 Å². The summed E-state index contributed by atoms with van der Waals surface area (Å²) in [4.78, 5) is 40.6. The molecule has 0 aliphatic carbocycles. The van der Waals surface area contributed by atoms with Crippen molar-refractivity contribution in [2.24, 2.45) is 9.98 Å². The second-order valence-corrected chi connectivity index (χ2v) is 10.8. The number of methoxy groups -OCH3 is 4. The molecule has 0 spiro atoms. The summed E-state index contributed by atoms with van der Waals surface area (Å²) in [6.07, 6.45) is 3.43. The fraction of sp³-hybridized carbons (Fsp3) is 0.158. The quantitative estimate of drug-likeness (QED) is 0.195. The monoisotopic (exact) mass is 642 g/mol. The lowest BCUT2D eigenvalue weighted by atomic mass is 10.1. The summed E-state index contributed by atoms with van der Waals surface area (Å²) in [6, 6.07) is 29.8. The van der Waals surface area contributed by atoms with Crippen molar-refractivity contribution in [1.82, 2.24) is 9.80 Å². The molecule has 0 saturated carbocycles. The summed E-state index contributed by atoms with van der Waals surface area (Å²) < 4.78 is 21.6. The van der Waals surface area contributed by atoms with Crippen LogP contribution in [0.1, 0.15) is 22.3 Å². The van der Waals surface area contributed by atoms with E-state index in [0.717, 1.165) is 22.3 Å². The Hall–Kier alpha value is -6.16.